The van der Waals surface area contributed by atoms with Crippen molar-refractivity contribution in [2.75, 3.05) is 5.73 Å². The molecule has 0 bridgehead atoms. The van der Waals surface area contributed by atoms with Gasteiger partial charge in [-0.25, -0.2) is 4.98 Å². The third-order valence-electron chi connectivity index (χ3n) is 4.98. The van der Waals surface area contributed by atoms with Crippen LogP contribution in [-0.2, 0) is 0 Å². The molecule has 2 heterocycles. The van der Waals surface area contributed by atoms with Gasteiger partial charge in [-0.15, -0.1) is 0 Å². The molecular formula is C25H19N3. The van der Waals surface area contributed by atoms with Crippen LogP contribution in [0.1, 0.15) is 0 Å². The van der Waals surface area contributed by atoms with E-state index < -0.39 is 0 Å². The lowest BCUT2D eigenvalue weighted by atomic mass is 10.0. The minimum absolute atomic E-state index is 0.732. The number of para-hydroxylation sites is 1. The lowest BCUT2D eigenvalue weighted by molar-refractivity contribution is 1.19. The Hall–Kier alpha value is -3.85. The van der Waals surface area contributed by atoms with Gasteiger partial charge in [-0.05, 0) is 28.8 Å². The van der Waals surface area contributed by atoms with Gasteiger partial charge in [0.2, 0.25) is 0 Å². The van der Waals surface area contributed by atoms with E-state index in [0.717, 1.165) is 39.3 Å². The normalized spacial score (nSPS) is 11.0. The van der Waals surface area contributed by atoms with Crippen molar-refractivity contribution in [3.63, 3.8) is 0 Å². The van der Waals surface area contributed by atoms with Crippen LogP contribution in [0.25, 0.3) is 39.2 Å². The molecule has 3 heteroatoms. The van der Waals surface area contributed by atoms with Crippen LogP contribution in [0.15, 0.2) is 103 Å². The van der Waals surface area contributed by atoms with Gasteiger partial charge < -0.3 is 10.1 Å². The van der Waals surface area contributed by atoms with Crippen molar-refractivity contribution in [3.8, 4) is 33.5 Å². The molecule has 0 aliphatic rings. The Bertz CT molecular complexity index is 1260. The largest absolute Gasteiger partial charge is 0.398 e. The molecule has 0 unspecified atom stereocenters. The zero-order chi connectivity index (χ0) is 18.9. The van der Waals surface area contributed by atoms with E-state index in [-0.39, 0.29) is 0 Å². The fourth-order valence-corrected chi connectivity index (χ4v) is 3.58. The molecule has 0 aliphatic carbocycles. The summed E-state index contributed by atoms with van der Waals surface area (Å²) in [5.74, 6) is 0. The molecule has 5 rings (SSSR count). The zero-order valence-electron chi connectivity index (χ0n) is 15.3. The monoisotopic (exact) mass is 361 g/mol. The van der Waals surface area contributed by atoms with Gasteiger partial charge in [-0.2, -0.15) is 0 Å². The van der Waals surface area contributed by atoms with Crippen molar-refractivity contribution < 1.29 is 0 Å². The molecule has 0 saturated heterocycles. The number of benzene rings is 3. The molecule has 3 nitrogen and oxygen atoms in total. The van der Waals surface area contributed by atoms with E-state index in [1.807, 2.05) is 36.4 Å². The van der Waals surface area contributed by atoms with E-state index >= 15 is 0 Å². The first-order valence-electron chi connectivity index (χ1n) is 9.28. The van der Waals surface area contributed by atoms with Crippen molar-refractivity contribution in [1.82, 2.24) is 9.38 Å². The SMILES string of the molecule is Nc1ccccc1-c1cn2cc(-c3ccccc3)cc(-c3ccccc3)c2n1. The summed E-state index contributed by atoms with van der Waals surface area (Å²) in [4.78, 5) is 4.94. The summed E-state index contributed by atoms with van der Waals surface area (Å²) in [5.41, 5.74) is 14.2. The Morgan fingerprint density at radius 1 is 0.607 bits per heavy atom. The molecule has 0 aliphatic heterocycles. The predicted molar refractivity (Wildman–Crippen MR) is 116 cm³/mol. The summed E-state index contributed by atoms with van der Waals surface area (Å²) in [5, 5.41) is 0. The van der Waals surface area contributed by atoms with Gasteiger partial charge in [0.1, 0.15) is 5.65 Å². The second-order valence-corrected chi connectivity index (χ2v) is 6.82. The molecule has 134 valence electrons. The van der Waals surface area contributed by atoms with Crippen LogP contribution >= 0.6 is 0 Å². The molecule has 3 aromatic carbocycles. The topological polar surface area (TPSA) is 43.3 Å². The van der Waals surface area contributed by atoms with Gasteiger partial charge in [0.05, 0.1) is 5.69 Å². The summed E-state index contributed by atoms with van der Waals surface area (Å²) in [6.07, 6.45) is 4.19. The molecular weight excluding hydrogens is 342 g/mol. The second kappa shape index (κ2) is 6.71. The van der Waals surface area contributed by atoms with Crippen molar-refractivity contribution in [3.05, 3.63) is 103 Å². The molecule has 0 radical (unpaired) electrons. The van der Waals surface area contributed by atoms with E-state index in [1.165, 1.54) is 5.56 Å². The Labute approximate surface area is 163 Å². The lowest BCUT2D eigenvalue weighted by Gasteiger charge is -2.09. The first kappa shape index (κ1) is 16.3. The molecule has 0 atom stereocenters. The maximum atomic E-state index is 6.20. The first-order valence-corrected chi connectivity index (χ1v) is 9.28. The maximum Gasteiger partial charge on any atom is 0.145 e. The lowest BCUT2D eigenvalue weighted by Crippen LogP contribution is -1.91. The number of nitrogen functional groups attached to an aromatic ring is 1. The number of anilines is 1. The summed E-state index contributed by atoms with van der Waals surface area (Å²) >= 11 is 0. The average molecular weight is 361 g/mol. The quantitative estimate of drug-likeness (QED) is 0.406. The van der Waals surface area contributed by atoms with Gasteiger partial charge in [-0.1, -0.05) is 78.9 Å². The third-order valence-corrected chi connectivity index (χ3v) is 4.98. The van der Waals surface area contributed by atoms with Gasteiger partial charge >= 0.3 is 0 Å². The first-order chi connectivity index (χ1) is 13.8. The number of nitrogens with two attached hydrogens (primary N) is 1. The highest BCUT2D eigenvalue weighted by Gasteiger charge is 2.13. The number of fused-ring (bicyclic) bond motifs is 1. The Balaban J connectivity index is 1.78. The Kier molecular flexibility index (Phi) is 3.91. The van der Waals surface area contributed by atoms with Crippen molar-refractivity contribution >= 4 is 11.3 Å². The van der Waals surface area contributed by atoms with Crippen molar-refractivity contribution in [2.24, 2.45) is 0 Å². The van der Waals surface area contributed by atoms with Gasteiger partial charge in [-0.3, -0.25) is 0 Å². The van der Waals surface area contributed by atoms with Crippen LogP contribution in [-0.4, -0.2) is 9.38 Å². The van der Waals surface area contributed by atoms with E-state index in [0.29, 0.717) is 0 Å². The molecule has 5 aromatic rings. The van der Waals surface area contributed by atoms with Crippen LogP contribution in [0.5, 0.6) is 0 Å². The minimum atomic E-state index is 0.732. The minimum Gasteiger partial charge on any atom is -0.398 e. The standard InChI is InChI=1S/C25H19N3/c26-23-14-8-7-13-21(23)24-17-28-16-20(18-9-3-1-4-10-18)15-22(25(28)27-24)19-11-5-2-6-12-19/h1-17H,26H2. The summed E-state index contributed by atoms with van der Waals surface area (Å²) in [6, 6.07) is 30.9. The molecule has 2 aromatic heterocycles. The number of rotatable bonds is 3. The van der Waals surface area contributed by atoms with E-state index in [2.05, 4.69) is 71.4 Å². The van der Waals surface area contributed by atoms with E-state index in [4.69, 9.17) is 10.7 Å². The fraction of sp³-hybridized carbons (Fsp3) is 0. The van der Waals surface area contributed by atoms with Gasteiger partial charge in [0, 0.05) is 29.2 Å². The van der Waals surface area contributed by atoms with Crippen LogP contribution in [0.2, 0.25) is 0 Å². The zero-order valence-corrected chi connectivity index (χ0v) is 15.3. The average Bonchev–Trinajstić information content (AvgIpc) is 3.18. The van der Waals surface area contributed by atoms with Crippen LogP contribution in [0, 0.1) is 0 Å². The van der Waals surface area contributed by atoms with Crippen molar-refractivity contribution in [2.45, 2.75) is 0 Å². The number of nitrogens with zero attached hydrogens (tertiary/aromatic N) is 2. The summed E-state index contributed by atoms with van der Waals surface area (Å²) in [6.45, 7) is 0. The number of pyridine rings is 1. The summed E-state index contributed by atoms with van der Waals surface area (Å²) < 4.78 is 2.10. The number of hydrogen-bond donors (Lipinski definition) is 1. The van der Waals surface area contributed by atoms with E-state index in [1.54, 1.807) is 0 Å². The highest BCUT2D eigenvalue weighted by atomic mass is 15.0. The molecule has 2 N–H and O–H groups in total. The number of hydrogen-bond acceptors (Lipinski definition) is 2. The number of imidazole rings is 1. The Morgan fingerprint density at radius 2 is 1.25 bits per heavy atom. The van der Waals surface area contributed by atoms with Crippen LogP contribution in [0.3, 0.4) is 0 Å². The fourth-order valence-electron chi connectivity index (χ4n) is 3.58. The highest BCUT2D eigenvalue weighted by Crippen LogP contribution is 2.33. The van der Waals surface area contributed by atoms with Gasteiger partial charge in [0.15, 0.2) is 0 Å². The molecule has 0 amide bonds. The molecule has 0 fully saturated rings. The highest BCUT2D eigenvalue weighted by molar-refractivity contribution is 5.85. The smallest absolute Gasteiger partial charge is 0.145 e. The van der Waals surface area contributed by atoms with Crippen LogP contribution in [0.4, 0.5) is 5.69 Å². The predicted octanol–water partition coefficient (Wildman–Crippen LogP) is 5.92. The van der Waals surface area contributed by atoms with E-state index in [9.17, 15) is 0 Å². The second-order valence-electron chi connectivity index (χ2n) is 6.82. The summed E-state index contributed by atoms with van der Waals surface area (Å²) in [7, 11) is 0. The Morgan fingerprint density at radius 3 is 1.96 bits per heavy atom. The van der Waals surface area contributed by atoms with Gasteiger partial charge in [0.25, 0.3) is 0 Å². The molecule has 0 spiro atoms. The molecule has 0 saturated carbocycles. The van der Waals surface area contributed by atoms with Crippen molar-refractivity contribution in [1.29, 1.82) is 0 Å². The molecule has 28 heavy (non-hydrogen) atoms. The van der Waals surface area contributed by atoms with Crippen LogP contribution < -0.4 is 5.73 Å². The number of aromatic nitrogens is 2. The third kappa shape index (κ3) is 2.83. The maximum absolute atomic E-state index is 6.20.